The van der Waals surface area contributed by atoms with Gasteiger partial charge in [0.25, 0.3) is 5.91 Å². The van der Waals surface area contributed by atoms with Crippen LogP contribution in [0.15, 0.2) is 12.1 Å². The van der Waals surface area contributed by atoms with Crippen LogP contribution < -0.4 is 15.8 Å². The van der Waals surface area contributed by atoms with Gasteiger partial charge in [0.15, 0.2) is 5.69 Å². The first-order valence-corrected chi connectivity index (χ1v) is 6.66. The molecule has 1 heterocycles. The molecule has 0 spiro atoms. The van der Waals surface area contributed by atoms with Gasteiger partial charge in [0.1, 0.15) is 6.61 Å². The number of amides is 1. The Morgan fingerprint density at radius 1 is 1.42 bits per heavy atom. The maximum atomic E-state index is 11.5. The standard InChI is InChI=1S/C13H20N4O2/c1-2-15-12(18)10-5-6-11(17-16-10)19-9-13(14)7-3-4-8-13/h5-6H,2-4,7-9,14H2,1H3,(H,15,18). The van der Waals surface area contributed by atoms with Gasteiger partial charge in [-0.1, -0.05) is 12.8 Å². The van der Waals surface area contributed by atoms with Crippen LogP contribution >= 0.6 is 0 Å². The third kappa shape index (κ3) is 3.64. The molecule has 0 aromatic carbocycles. The molecule has 1 aliphatic carbocycles. The van der Waals surface area contributed by atoms with Gasteiger partial charge in [0, 0.05) is 12.6 Å². The molecule has 0 atom stereocenters. The van der Waals surface area contributed by atoms with Gasteiger partial charge in [-0.15, -0.1) is 10.2 Å². The van der Waals surface area contributed by atoms with E-state index in [9.17, 15) is 4.79 Å². The number of rotatable bonds is 5. The van der Waals surface area contributed by atoms with Gasteiger partial charge in [-0.25, -0.2) is 0 Å². The van der Waals surface area contributed by atoms with Gasteiger partial charge in [-0.05, 0) is 25.8 Å². The van der Waals surface area contributed by atoms with Crippen molar-refractivity contribution in [3.8, 4) is 5.88 Å². The van der Waals surface area contributed by atoms with E-state index in [4.69, 9.17) is 10.5 Å². The number of aromatic nitrogens is 2. The van der Waals surface area contributed by atoms with Crippen LogP contribution in [0.3, 0.4) is 0 Å². The average Bonchev–Trinajstić information content (AvgIpc) is 2.85. The van der Waals surface area contributed by atoms with Crippen molar-refractivity contribution in [1.29, 1.82) is 0 Å². The van der Waals surface area contributed by atoms with E-state index in [1.54, 1.807) is 12.1 Å². The summed E-state index contributed by atoms with van der Waals surface area (Å²) in [5, 5.41) is 10.4. The Hall–Kier alpha value is -1.69. The minimum absolute atomic E-state index is 0.229. The van der Waals surface area contributed by atoms with Crippen molar-refractivity contribution < 1.29 is 9.53 Å². The van der Waals surface area contributed by atoms with Crippen LogP contribution in [0.2, 0.25) is 0 Å². The molecule has 0 radical (unpaired) electrons. The lowest BCUT2D eigenvalue weighted by molar-refractivity contribution is 0.0949. The Balaban J connectivity index is 1.90. The maximum absolute atomic E-state index is 11.5. The number of carbonyl (C=O) groups excluding carboxylic acids is 1. The van der Waals surface area contributed by atoms with E-state index in [2.05, 4.69) is 15.5 Å². The van der Waals surface area contributed by atoms with E-state index in [0.29, 0.717) is 19.0 Å². The van der Waals surface area contributed by atoms with Gasteiger partial charge in [-0.2, -0.15) is 0 Å². The molecular formula is C13H20N4O2. The molecule has 0 unspecified atom stereocenters. The maximum Gasteiger partial charge on any atom is 0.271 e. The minimum atomic E-state index is -0.236. The second-order valence-corrected chi connectivity index (χ2v) is 4.97. The zero-order chi connectivity index (χ0) is 13.7. The number of carbonyl (C=O) groups is 1. The molecule has 0 saturated heterocycles. The van der Waals surface area contributed by atoms with Crippen molar-refractivity contribution in [2.75, 3.05) is 13.2 Å². The van der Waals surface area contributed by atoms with Gasteiger partial charge < -0.3 is 15.8 Å². The van der Waals surface area contributed by atoms with E-state index < -0.39 is 0 Å². The minimum Gasteiger partial charge on any atom is -0.475 e. The van der Waals surface area contributed by atoms with Gasteiger partial charge >= 0.3 is 0 Å². The van der Waals surface area contributed by atoms with E-state index in [1.165, 1.54) is 0 Å². The number of hydrogen-bond donors (Lipinski definition) is 2. The topological polar surface area (TPSA) is 90.1 Å². The predicted molar refractivity (Wildman–Crippen MR) is 70.9 cm³/mol. The lowest BCUT2D eigenvalue weighted by Gasteiger charge is -2.22. The van der Waals surface area contributed by atoms with E-state index in [-0.39, 0.29) is 17.1 Å². The van der Waals surface area contributed by atoms with Crippen molar-refractivity contribution in [1.82, 2.24) is 15.5 Å². The van der Waals surface area contributed by atoms with Gasteiger partial charge in [0.05, 0.1) is 5.54 Å². The Kier molecular flexibility index (Phi) is 4.31. The third-order valence-corrected chi connectivity index (χ3v) is 3.32. The summed E-state index contributed by atoms with van der Waals surface area (Å²) in [4.78, 5) is 11.5. The summed E-state index contributed by atoms with van der Waals surface area (Å²) >= 11 is 0. The van der Waals surface area contributed by atoms with E-state index in [0.717, 1.165) is 25.7 Å². The lowest BCUT2D eigenvalue weighted by Crippen LogP contribution is -2.42. The van der Waals surface area contributed by atoms with Crippen LogP contribution in [0.25, 0.3) is 0 Å². The second kappa shape index (κ2) is 5.97. The molecule has 1 aliphatic rings. The normalized spacial score (nSPS) is 17.2. The summed E-state index contributed by atoms with van der Waals surface area (Å²) in [6, 6.07) is 3.25. The molecule has 19 heavy (non-hydrogen) atoms. The summed E-state index contributed by atoms with van der Waals surface area (Å²) in [7, 11) is 0. The third-order valence-electron chi connectivity index (χ3n) is 3.32. The summed E-state index contributed by atoms with van der Waals surface area (Å²) < 4.78 is 5.56. The lowest BCUT2D eigenvalue weighted by atomic mass is 10.0. The Morgan fingerprint density at radius 2 is 2.16 bits per heavy atom. The molecule has 6 nitrogen and oxygen atoms in total. The summed E-state index contributed by atoms with van der Waals surface area (Å²) in [6.07, 6.45) is 4.28. The quantitative estimate of drug-likeness (QED) is 0.823. The molecule has 104 valence electrons. The van der Waals surface area contributed by atoms with Crippen LogP contribution in [0.4, 0.5) is 0 Å². The first-order chi connectivity index (χ1) is 9.13. The highest BCUT2D eigenvalue weighted by molar-refractivity contribution is 5.91. The Bertz CT molecular complexity index is 427. The van der Waals surface area contributed by atoms with Crippen LogP contribution in [0, 0.1) is 0 Å². The SMILES string of the molecule is CCNC(=O)c1ccc(OCC2(N)CCCC2)nn1. The summed E-state index contributed by atoms with van der Waals surface area (Å²) in [6.45, 7) is 2.86. The molecule has 1 amide bonds. The number of nitrogens with two attached hydrogens (primary N) is 1. The molecule has 1 fully saturated rings. The number of hydrogen-bond acceptors (Lipinski definition) is 5. The molecule has 2 rings (SSSR count). The monoisotopic (exact) mass is 264 g/mol. The fourth-order valence-corrected chi connectivity index (χ4v) is 2.21. The second-order valence-electron chi connectivity index (χ2n) is 4.97. The summed E-state index contributed by atoms with van der Waals surface area (Å²) in [5.74, 6) is 0.178. The van der Waals surface area contributed by atoms with Crippen molar-refractivity contribution in [3.63, 3.8) is 0 Å². The molecule has 1 aromatic heterocycles. The summed E-state index contributed by atoms with van der Waals surface area (Å²) in [5.41, 5.74) is 6.24. The van der Waals surface area contributed by atoms with Crippen LogP contribution in [-0.4, -0.2) is 34.8 Å². The highest BCUT2D eigenvalue weighted by atomic mass is 16.5. The number of nitrogens with one attached hydrogen (secondary N) is 1. The zero-order valence-corrected chi connectivity index (χ0v) is 11.2. The Morgan fingerprint density at radius 3 is 2.74 bits per heavy atom. The predicted octanol–water partition coefficient (Wildman–Crippen LogP) is 0.877. The highest BCUT2D eigenvalue weighted by Gasteiger charge is 2.30. The molecule has 1 aromatic rings. The fourth-order valence-electron chi connectivity index (χ4n) is 2.21. The molecule has 6 heteroatoms. The van der Waals surface area contributed by atoms with Crippen molar-refractivity contribution in [2.24, 2.45) is 5.73 Å². The molecular weight excluding hydrogens is 244 g/mol. The first kappa shape index (κ1) is 13.7. The Labute approximate surface area is 112 Å². The number of ether oxygens (including phenoxy) is 1. The highest BCUT2D eigenvalue weighted by Crippen LogP contribution is 2.27. The largest absolute Gasteiger partial charge is 0.475 e. The van der Waals surface area contributed by atoms with Crippen molar-refractivity contribution >= 4 is 5.91 Å². The molecule has 0 aliphatic heterocycles. The fraction of sp³-hybridized carbons (Fsp3) is 0.615. The zero-order valence-electron chi connectivity index (χ0n) is 11.2. The smallest absolute Gasteiger partial charge is 0.271 e. The van der Waals surface area contributed by atoms with Crippen LogP contribution in [0.1, 0.15) is 43.1 Å². The van der Waals surface area contributed by atoms with E-state index in [1.807, 2.05) is 6.92 Å². The van der Waals surface area contributed by atoms with E-state index >= 15 is 0 Å². The van der Waals surface area contributed by atoms with Crippen LogP contribution in [0.5, 0.6) is 5.88 Å². The van der Waals surface area contributed by atoms with Gasteiger partial charge in [-0.3, -0.25) is 4.79 Å². The number of nitrogens with zero attached hydrogens (tertiary/aromatic N) is 2. The molecule has 3 N–H and O–H groups in total. The van der Waals surface area contributed by atoms with Gasteiger partial charge in [0.2, 0.25) is 5.88 Å². The first-order valence-electron chi connectivity index (χ1n) is 6.66. The van der Waals surface area contributed by atoms with Crippen molar-refractivity contribution in [3.05, 3.63) is 17.8 Å². The average molecular weight is 264 g/mol. The van der Waals surface area contributed by atoms with Crippen LogP contribution in [-0.2, 0) is 0 Å². The molecule has 1 saturated carbocycles. The van der Waals surface area contributed by atoms with Crippen molar-refractivity contribution in [2.45, 2.75) is 38.1 Å². The molecule has 0 bridgehead atoms.